The molecule has 0 radical (unpaired) electrons. The molecule has 3 nitrogen and oxygen atoms in total. The summed E-state index contributed by atoms with van der Waals surface area (Å²) < 4.78 is 11.8. The summed E-state index contributed by atoms with van der Waals surface area (Å²) in [6, 6.07) is 24.9. The van der Waals surface area contributed by atoms with E-state index in [0.29, 0.717) is 36.6 Å². The third kappa shape index (κ3) is 6.79. The Morgan fingerprint density at radius 2 is 1.50 bits per heavy atom. The molecule has 0 spiro atoms. The quantitative estimate of drug-likeness (QED) is 0.385. The SMILES string of the molecule is CCOc1cc(CNC(C)CCc2ccccc2)c(Cl)cc1OCc1ccccc1. The zero-order valence-corrected chi connectivity index (χ0v) is 18.5. The Kier molecular flexibility index (Phi) is 8.61. The van der Waals surface area contributed by atoms with Crippen molar-refractivity contribution < 1.29 is 9.47 Å². The number of rotatable bonds is 11. The maximum atomic E-state index is 6.56. The van der Waals surface area contributed by atoms with Crippen molar-refractivity contribution in [3.8, 4) is 11.5 Å². The summed E-state index contributed by atoms with van der Waals surface area (Å²) in [4.78, 5) is 0. The van der Waals surface area contributed by atoms with Crippen molar-refractivity contribution in [2.24, 2.45) is 0 Å². The molecule has 4 heteroatoms. The highest BCUT2D eigenvalue weighted by atomic mass is 35.5. The van der Waals surface area contributed by atoms with Gasteiger partial charge in [-0.3, -0.25) is 0 Å². The van der Waals surface area contributed by atoms with Crippen molar-refractivity contribution in [1.29, 1.82) is 0 Å². The Labute approximate surface area is 185 Å². The first-order valence-corrected chi connectivity index (χ1v) is 10.9. The predicted molar refractivity (Wildman–Crippen MR) is 124 cm³/mol. The highest BCUT2D eigenvalue weighted by Crippen LogP contribution is 2.34. The van der Waals surface area contributed by atoms with Gasteiger partial charge in [-0.05, 0) is 49.4 Å². The van der Waals surface area contributed by atoms with Crippen molar-refractivity contribution in [2.45, 2.75) is 45.9 Å². The second-order valence-electron chi connectivity index (χ2n) is 7.40. The van der Waals surface area contributed by atoms with Crippen molar-refractivity contribution in [1.82, 2.24) is 5.32 Å². The molecule has 0 amide bonds. The van der Waals surface area contributed by atoms with Crippen LogP contribution in [0.4, 0.5) is 0 Å². The van der Waals surface area contributed by atoms with Crippen LogP contribution in [0.15, 0.2) is 72.8 Å². The van der Waals surface area contributed by atoms with Crippen LogP contribution in [0.25, 0.3) is 0 Å². The van der Waals surface area contributed by atoms with E-state index in [2.05, 4.69) is 42.6 Å². The molecule has 1 atom stereocenters. The second-order valence-corrected chi connectivity index (χ2v) is 7.81. The van der Waals surface area contributed by atoms with Crippen LogP contribution >= 0.6 is 11.6 Å². The van der Waals surface area contributed by atoms with E-state index in [0.717, 1.165) is 29.7 Å². The molecule has 3 aromatic rings. The minimum Gasteiger partial charge on any atom is -0.490 e. The highest BCUT2D eigenvalue weighted by molar-refractivity contribution is 6.31. The van der Waals surface area contributed by atoms with Gasteiger partial charge >= 0.3 is 0 Å². The molecule has 0 saturated heterocycles. The van der Waals surface area contributed by atoms with E-state index in [4.69, 9.17) is 21.1 Å². The second kappa shape index (κ2) is 11.6. The number of hydrogen-bond donors (Lipinski definition) is 1. The van der Waals surface area contributed by atoms with Gasteiger partial charge in [0.15, 0.2) is 11.5 Å². The summed E-state index contributed by atoms with van der Waals surface area (Å²) in [7, 11) is 0. The Bertz CT molecular complexity index is 900. The summed E-state index contributed by atoms with van der Waals surface area (Å²) in [5.74, 6) is 1.40. The van der Waals surface area contributed by atoms with Crippen molar-refractivity contribution in [2.75, 3.05) is 6.61 Å². The number of halogens is 1. The zero-order valence-electron chi connectivity index (χ0n) is 17.7. The molecule has 0 aliphatic heterocycles. The van der Waals surface area contributed by atoms with E-state index in [1.54, 1.807) is 0 Å². The lowest BCUT2D eigenvalue weighted by Gasteiger charge is -2.17. The lowest BCUT2D eigenvalue weighted by atomic mass is 10.1. The number of ether oxygens (including phenoxy) is 2. The van der Waals surface area contributed by atoms with Crippen molar-refractivity contribution >= 4 is 11.6 Å². The summed E-state index contributed by atoms with van der Waals surface area (Å²) in [6.07, 6.45) is 2.12. The smallest absolute Gasteiger partial charge is 0.163 e. The van der Waals surface area contributed by atoms with Crippen molar-refractivity contribution in [3.63, 3.8) is 0 Å². The molecule has 0 aliphatic carbocycles. The van der Waals surface area contributed by atoms with Crippen LogP contribution in [0, 0.1) is 0 Å². The third-order valence-corrected chi connectivity index (χ3v) is 5.35. The fourth-order valence-electron chi connectivity index (χ4n) is 3.24. The first kappa shape index (κ1) is 22.2. The Morgan fingerprint density at radius 1 is 0.867 bits per heavy atom. The first-order valence-electron chi connectivity index (χ1n) is 10.5. The number of aryl methyl sites for hydroxylation is 1. The Morgan fingerprint density at radius 3 is 2.17 bits per heavy atom. The molecule has 3 rings (SSSR count). The van der Waals surface area contributed by atoms with Gasteiger partial charge in [-0.15, -0.1) is 0 Å². The van der Waals surface area contributed by atoms with Gasteiger partial charge in [-0.2, -0.15) is 0 Å². The Balaban J connectivity index is 1.59. The summed E-state index contributed by atoms with van der Waals surface area (Å²) >= 11 is 6.56. The van der Waals surface area contributed by atoms with Gasteiger partial charge in [-0.1, -0.05) is 72.3 Å². The van der Waals surface area contributed by atoms with Gasteiger partial charge in [0.1, 0.15) is 6.61 Å². The maximum absolute atomic E-state index is 6.56. The lowest BCUT2D eigenvalue weighted by molar-refractivity contribution is 0.269. The summed E-state index contributed by atoms with van der Waals surface area (Å²) in [6.45, 7) is 5.92. The fourth-order valence-corrected chi connectivity index (χ4v) is 3.46. The third-order valence-electron chi connectivity index (χ3n) is 5.00. The van der Waals surface area contributed by atoms with E-state index in [1.165, 1.54) is 5.56 Å². The average Bonchev–Trinajstić information content (AvgIpc) is 2.78. The lowest BCUT2D eigenvalue weighted by Crippen LogP contribution is -2.26. The van der Waals surface area contributed by atoms with Gasteiger partial charge in [0.2, 0.25) is 0 Å². The Hall–Kier alpha value is -2.49. The minimum atomic E-state index is 0.380. The molecule has 1 unspecified atom stereocenters. The van der Waals surface area contributed by atoms with Crippen molar-refractivity contribution in [3.05, 3.63) is 94.5 Å². The molecule has 3 aromatic carbocycles. The molecule has 30 heavy (non-hydrogen) atoms. The molecular weight excluding hydrogens is 394 g/mol. The normalized spacial score (nSPS) is 11.8. The fraction of sp³-hybridized carbons (Fsp3) is 0.308. The van der Waals surface area contributed by atoms with E-state index in [9.17, 15) is 0 Å². The molecule has 158 valence electrons. The van der Waals surface area contributed by atoms with E-state index in [-0.39, 0.29) is 0 Å². The van der Waals surface area contributed by atoms with Gasteiger partial charge in [0, 0.05) is 23.7 Å². The average molecular weight is 424 g/mol. The zero-order chi connectivity index (χ0) is 21.2. The summed E-state index contributed by atoms with van der Waals surface area (Å²) in [5.41, 5.74) is 3.48. The molecule has 0 heterocycles. The van der Waals surface area contributed by atoms with Crippen LogP contribution in [0.2, 0.25) is 5.02 Å². The van der Waals surface area contributed by atoms with Gasteiger partial charge < -0.3 is 14.8 Å². The van der Waals surface area contributed by atoms with E-state index >= 15 is 0 Å². The number of benzene rings is 3. The monoisotopic (exact) mass is 423 g/mol. The molecule has 0 bridgehead atoms. The molecule has 1 N–H and O–H groups in total. The maximum Gasteiger partial charge on any atom is 0.163 e. The topological polar surface area (TPSA) is 30.5 Å². The van der Waals surface area contributed by atoms with E-state index in [1.807, 2.05) is 49.4 Å². The van der Waals surface area contributed by atoms with Crippen LogP contribution in [0.3, 0.4) is 0 Å². The van der Waals surface area contributed by atoms with Crippen LogP contribution < -0.4 is 14.8 Å². The van der Waals surface area contributed by atoms with Crippen LogP contribution in [-0.2, 0) is 19.6 Å². The molecule has 0 aliphatic rings. The molecule has 0 aromatic heterocycles. The van der Waals surface area contributed by atoms with E-state index < -0.39 is 0 Å². The highest BCUT2D eigenvalue weighted by Gasteiger charge is 2.12. The van der Waals surface area contributed by atoms with Crippen LogP contribution in [-0.4, -0.2) is 12.6 Å². The largest absolute Gasteiger partial charge is 0.490 e. The van der Waals surface area contributed by atoms with Gasteiger partial charge in [0.25, 0.3) is 0 Å². The molecule has 0 fully saturated rings. The first-order chi connectivity index (χ1) is 14.7. The predicted octanol–water partition coefficient (Wildman–Crippen LogP) is 6.43. The molecule has 0 saturated carbocycles. The molecular formula is C26H30ClNO2. The summed E-state index contributed by atoms with van der Waals surface area (Å²) in [5, 5.41) is 4.26. The van der Waals surface area contributed by atoms with Crippen LogP contribution in [0.5, 0.6) is 11.5 Å². The number of nitrogens with one attached hydrogen (secondary N) is 1. The van der Waals surface area contributed by atoms with Crippen LogP contribution in [0.1, 0.15) is 37.0 Å². The van der Waals surface area contributed by atoms with Gasteiger partial charge in [-0.25, -0.2) is 0 Å². The standard InChI is InChI=1S/C26H30ClNO2/c1-3-29-25-16-23(18-28-20(2)14-15-21-10-6-4-7-11-21)24(27)17-26(25)30-19-22-12-8-5-9-13-22/h4-13,16-17,20,28H,3,14-15,18-19H2,1-2H3. The minimum absolute atomic E-state index is 0.380. The number of hydrogen-bond acceptors (Lipinski definition) is 3. The van der Waals surface area contributed by atoms with Gasteiger partial charge in [0.05, 0.1) is 6.61 Å².